The van der Waals surface area contributed by atoms with Crippen molar-refractivity contribution in [3.63, 3.8) is 0 Å². The van der Waals surface area contributed by atoms with E-state index in [2.05, 4.69) is 15.6 Å². The molecule has 2 rings (SSSR count). The second-order valence-corrected chi connectivity index (χ2v) is 6.44. The van der Waals surface area contributed by atoms with Gasteiger partial charge in [-0.05, 0) is 31.5 Å². The number of oxime groups is 2. The van der Waals surface area contributed by atoms with Crippen LogP contribution in [0.2, 0.25) is 0 Å². The van der Waals surface area contributed by atoms with Crippen LogP contribution in [0.15, 0.2) is 52.8 Å². The van der Waals surface area contributed by atoms with Gasteiger partial charge in [-0.1, -0.05) is 40.6 Å². The summed E-state index contributed by atoms with van der Waals surface area (Å²) in [6.45, 7) is 5.12. The van der Waals surface area contributed by atoms with Gasteiger partial charge in [-0.3, -0.25) is 4.79 Å². The maximum absolute atomic E-state index is 13.1. The normalized spacial score (nSPS) is 12.9. The minimum atomic E-state index is -1.41. The molecular weight excluding hydrogens is 389 g/mol. The molecule has 1 unspecified atom stereocenters. The van der Waals surface area contributed by atoms with E-state index < -0.39 is 6.36 Å². The van der Waals surface area contributed by atoms with Gasteiger partial charge in [0.05, 0.1) is 5.71 Å². The Bertz CT molecular complexity index is 942. The summed E-state index contributed by atoms with van der Waals surface area (Å²) < 4.78 is 18.1. The number of hydrogen-bond acceptors (Lipinski definition) is 6. The average molecular weight is 415 g/mol. The summed E-state index contributed by atoms with van der Waals surface area (Å²) in [5.41, 5.74) is 3.76. The fourth-order valence-electron chi connectivity index (χ4n) is 2.77. The van der Waals surface area contributed by atoms with Crippen LogP contribution in [0, 0.1) is 6.92 Å². The number of amides is 1. The molecule has 0 fully saturated rings. The number of alkyl halides is 1. The molecule has 0 saturated carbocycles. The van der Waals surface area contributed by atoms with Crippen LogP contribution in [0.4, 0.5) is 4.39 Å². The quantitative estimate of drug-likeness (QED) is 0.500. The van der Waals surface area contributed by atoms with Crippen molar-refractivity contribution in [2.75, 3.05) is 14.2 Å². The first-order valence-electron chi connectivity index (χ1n) is 9.37. The van der Waals surface area contributed by atoms with Gasteiger partial charge in [0.15, 0.2) is 5.71 Å². The van der Waals surface area contributed by atoms with E-state index in [1.165, 1.54) is 21.1 Å². The second kappa shape index (κ2) is 10.9. The summed E-state index contributed by atoms with van der Waals surface area (Å²) >= 11 is 0. The van der Waals surface area contributed by atoms with E-state index in [-0.39, 0.29) is 18.2 Å². The van der Waals surface area contributed by atoms with Crippen molar-refractivity contribution in [2.45, 2.75) is 33.7 Å². The molecule has 8 heteroatoms. The molecule has 1 N–H and O–H groups in total. The van der Waals surface area contributed by atoms with Crippen molar-refractivity contribution in [1.82, 2.24) is 5.32 Å². The average Bonchev–Trinajstić information content (AvgIpc) is 2.72. The van der Waals surface area contributed by atoms with E-state index in [0.29, 0.717) is 17.0 Å². The molecule has 2 aromatic rings. The molecule has 7 nitrogen and oxygen atoms in total. The van der Waals surface area contributed by atoms with Crippen LogP contribution in [0.5, 0.6) is 5.75 Å². The van der Waals surface area contributed by atoms with Gasteiger partial charge >= 0.3 is 0 Å². The lowest BCUT2D eigenvalue weighted by Crippen LogP contribution is -2.29. The van der Waals surface area contributed by atoms with E-state index >= 15 is 0 Å². The standard InChI is InChI=1S/C22H26FN3O4/c1-14-8-6-11-19(21(26-28-5)22(27)24-4)20(14)13-29-25-15(2)17-9-7-10-18(12-17)30-16(3)23/h6-12,16H,13H2,1-5H3,(H,24,27)/b25-15+,26-21+. The summed E-state index contributed by atoms with van der Waals surface area (Å²) in [6.07, 6.45) is -1.41. The highest BCUT2D eigenvalue weighted by molar-refractivity contribution is 6.45. The number of aryl methyl sites for hydroxylation is 1. The Labute approximate surface area is 175 Å². The Morgan fingerprint density at radius 2 is 1.93 bits per heavy atom. The summed E-state index contributed by atoms with van der Waals surface area (Å²) in [5.74, 6) is 0.0338. The van der Waals surface area contributed by atoms with E-state index in [9.17, 15) is 9.18 Å². The molecule has 1 amide bonds. The first-order valence-corrected chi connectivity index (χ1v) is 9.37. The number of carbonyl (C=O) groups is 1. The molecule has 0 heterocycles. The van der Waals surface area contributed by atoms with Crippen LogP contribution in [0.25, 0.3) is 0 Å². The van der Waals surface area contributed by atoms with E-state index in [4.69, 9.17) is 14.4 Å². The molecular formula is C22H26FN3O4. The monoisotopic (exact) mass is 415 g/mol. The molecule has 1 atom stereocenters. The van der Waals surface area contributed by atoms with Gasteiger partial charge in [0.25, 0.3) is 5.91 Å². The van der Waals surface area contributed by atoms with Crippen molar-refractivity contribution in [1.29, 1.82) is 0 Å². The smallest absolute Gasteiger partial charge is 0.273 e. The molecule has 160 valence electrons. The number of benzene rings is 2. The van der Waals surface area contributed by atoms with Crippen LogP contribution < -0.4 is 10.1 Å². The lowest BCUT2D eigenvalue weighted by molar-refractivity contribution is -0.114. The van der Waals surface area contributed by atoms with Gasteiger partial charge in [-0.2, -0.15) is 0 Å². The van der Waals surface area contributed by atoms with Crippen LogP contribution in [-0.2, 0) is 21.1 Å². The Hall–Kier alpha value is -3.42. The van der Waals surface area contributed by atoms with Gasteiger partial charge in [0.1, 0.15) is 19.5 Å². The highest BCUT2D eigenvalue weighted by atomic mass is 19.1. The predicted molar refractivity (Wildman–Crippen MR) is 113 cm³/mol. The van der Waals surface area contributed by atoms with Gasteiger partial charge in [0.2, 0.25) is 6.36 Å². The number of nitrogens with zero attached hydrogens (tertiary/aromatic N) is 2. The zero-order valence-corrected chi connectivity index (χ0v) is 17.7. The number of carbonyl (C=O) groups excluding carboxylic acids is 1. The van der Waals surface area contributed by atoms with Gasteiger partial charge in [-0.25, -0.2) is 4.39 Å². The number of halogens is 1. The van der Waals surface area contributed by atoms with Crippen LogP contribution in [0.1, 0.15) is 36.1 Å². The summed E-state index contributed by atoms with van der Waals surface area (Å²) in [5, 5.41) is 10.6. The van der Waals surface area contributed by atoms with Crippen LogP contribution in [0.3, 0.4) is 0 Å². The van der Waals surface area contributed by atoms with Crippen molar-refractivity contribution >= 4 is 17.3 Å². The molecule has 0 bridgehead atoms. The topological polar surface area (TPSA) is 81.5 Å². The highest BCUT2D eigenvalue weighted by Crippen LogP contribution is 2.19. The lowest BCUT2D eigenvalue weighted by Gasteiger charge is -2.13. The van der Waals surface area contributed by atoms with Crippen molar-refractivity contribution in [2.24, 2.45) is 10.3 Å². The maximum Gasteiger partial charge on any atom is 0.273 e. The Kier molecular flexibility index (Phi) is 8.34. The van der Waals surface area contributed by atoms with Gasteiger partial charge in [0, 0.05) is 30.7 Å². The number of likely N-dealkylation sites (N-methyl/N-ethyl adjacent to an activating group) is 1. The van der Waals surface area contributed by atoms with E-state index in [1.54, 1.807) is 31.2 Å². The summed E-state index contributed by atoms with van der Waals surface area (Å²) in [4.78, 5) is 22.6. The summed E-state index contributed by atoms with van der Waals surface area (Å²) in [6, 6.07) is 12.4. The SMILES string of the molecule is CNC(=O)/C(=N/OC)c1cccc(C)c1CO/N=C(\C)c1cccc(OC(C)F)c1. The third-order valence-electron chi connectivity index (χ3n) is 4.25. The van der Waals surface area contributed by atoms with Crippen molar-refractivity contribution in [3.05, 3.63) is 64.7 Å². The molecule has 0 aliphatic heterocycles. The first-order chi connectivity index (χ1) is 14.4. The third kappa shape index (κ3) is 6.04. The molecule has 0 spiro atoms. The molecule has 0 aliphatic rings. The first kappa shape index (κ1) is 22.9. The number of rotatable bonds is 9. The molecule has 0 aliphatic carbocycles. The van der Waals surface area contributed by atoms with E-state index in [1.807, 2.05) is 25.1 Å². The Morgan fingerprint density at radius 1 is 1.20 bits per heavy atom. The largest absolute Gasteiger partial charge is 0.461 e. The second-order valence-electron chi connectivity index (χ2n) is 6.44. The molecule has 0 saturated heterocycles. The number of ether oxygens (including phenoxy) is 1. The predicted octanol–water partition coefficient (Wildman–Crippen LogP) is 3.73. The molecule has 30 heavy (non-hydrogen) atoms. The van der Waals surface area contributed by atoms with Crippen molar-refractivity contribution < 1.29 is 23.6 Å². The minimum Gasteiger partial charge on any atom is -0.461 e. The Balaban J connectivity index is 2.24. The highest BCUT2D eigenvalue weighted by Gasteiger charge is 2.19. The molecule has 0 radical (unpaired) electrons. The zero-order chi connectivity index (χ0) is 22.1. The Morgan fingerprint density at radius 3 is 2.60 bits per heavy atom. The molecule has 2 aromatic carbocycles. The van der Waals surface area contributed by atoms with Crippen LogP contribution >= 0.6 is 0 Å². The summed E-state index contributed by atoms with van der Waals surface area (Å²) in [7, 11) is 2.90. The van der Waals surface area contributed by atoms with Gasteiger partial charge in [-0.15, -0.1) is 0 Å². The van der Waals surface area contributed by atoms with Crippen molar-refractivity contribution in [3.8, 4) is 5.75 Å². The third-order valence-corrected chi connectivity index (χ3v) is 4.25. The van der Waals surface area contributed by atoms with Gasteiger partial charge < -0.3 is 19.7 Å². The minimum absolute atomic E-state index is 0.122. The van der Waals surface area contributed by atoms with Crippen LogP contribution in [-0.4, -0.2) is 37.8 Å². The zero-order valence-electron chi connectivity index (χ0n) is 17.7. The lowest BCUT2D eigenvalue weighted by atomic mass is 9.98. The fourth-order valence-corrected chi connectivity index (χ4v) is 2.77. The molecule has 0 aromatic heterocycles. The fraction of sp³-hybridized carbons (Fsp3) is 0.318. The number of nitrogens with one attached hydrogen (secondary N) is 1. The van der Waals surface area contributed by atoms with E-state index in [0.717, 1.165) is 16.7 Å². The maximum atomic E-state index is 13.1. The number of hydrogen-bond donors (Lipinski definition) is 1.